The summed E-state index contributed by atoms with van der Waals surface area (Å²) in [5.41, 5.74) is 0.989. The molecule has 0 atom stereocenters. The summed E-state index contributed by atoms with van der Waals surface area (Å²) in [4.78, 5) is 10.6. The second-order valence-electron chi connectivity index (χ2n) is 3.84. The van der Waals surface area contributed by atoms with E-state index in [4.69, 9.17) is 10.00 Å². The van der Waals surface area contributed by atoms with Gasteiger partial charge < -0.3 is 15.0 Å². The Balaban J connectivity index is 2.91. The summed E-state index contributed by atoms with van der Waals surface area (Å²) in [5, 5.41) is 11.6. The van der Waals surface area contributed by atoms with Gasteiger partial charge in [-0.05, 0) is 6.92 Å². The van der Waals surface area contributed by atoms with Crippen molar-refractivity contribution in [1.29, 1.82) is 5.26 Å². The molecule has 6 nitrogen and oxygen atoms in total. The Labute approximate surface area is 108 Å². The van der Waals surface area contributed by atoms with Gasteiger partial charge in [-0.15, -0.1) is 0 Å². The maximum Gasteiger partial charge on any atom is 0.224 e. The van der Waals surface area contributed by atoms with Crippen molar-refractivity contribution in [1.82, 2.24) is 9.97 Å². The van der Waals surface area contributed by atoms with Gasteiger partial charge >= 0.3 is 0 Å². The smallest absolute Gasteiger partial charge is 0.224 e. The number of nitrogens with one attached hydrogen (secondary N) is 1. The molecule has 0 radical (unpaired) electrons. The number of hydrogen-bond acceptors (Lipinski definition) is 6. The van der Waals surface area contributed by atoms with E-state index < -0.39 is 0 Å². The van der Waals surface area contributed by atoms with Gasteiger partial charge in [-0.1, -0.05) is 0 Å². The quantitative estimate of drug-likeness (QED) is 0.782. The van der Waals surface area contributed by atoms with E-state index in [0.717, 1.165) is 11.4 Å². The largest absolute Gasteiger partial charge is 0.383 e. The van der Waals surface area contributed by atoms with E-state index >= 15 is 0 Å². The molecule has 1 N–H and O–H groups in total. The molecular formula is C12H19N5O. The Kier molecular flexibility index (Phi) is 5.88. The number of hydrogen-bond donors (Lipinski definition) is 1. The van der Waals surface area contributed by atoms with Crippen LogP contribution in [0, 0.1) is 18.3 Å². The molecule has 18 heavy (non-hydrogen) atoms. The zero-order chi connectivity index (χ0) is 13.4. The third kappa shape index (κ3) is 3.86. The number of ether oxygens (including phenoxy) is 1. The number of rotatable bonds is 7. The standard InChI is InChI=1S/C12H19N5O/c1-10-9-15-12(14-2)16-11(10)17(6-4-5-13)7-8-18-3/h9H,4,6-8H2,1-3H3,(H,14,15,16). The zero-order valence-electron chi connectivity index (χ0n) is 11.1. The Morgan fingerprint density at radius 3 is 2.89 bits per heavy atom. The van der Waals surface area contributed by atoms with Crippen LogP contribution in [0.2, 0.25) is 0 Å². The van der Waals surface area contributed by atoms with E-state index in [1.165, 1.54) is 0 Å². The second kappa shape index (κ2) is 7.45. The Morgan fingerprint density at radius 2 is 2.28 bits per heavy atom. The Hall–Kier alpha value is -1.87. The van der Waals surface area contributed by atoms with Crippen LogP contribution in [-0.4, -0.2) is 43.8 Å². The maximum atomic E-state index is 8.70. The van der Waals surface area contributed by atoms with E-state index in [1.54, 1.807) is 20.4 Å². The molecule has 0 spiro atoms. The number of nitriles is 1. The third-order valence-electron chi connectivity index (χ3n) is 2.53. The number of aryl methyl sites for hydroxylation is 1. The molecule has 98 valence electrons. The molecule has 0 bridgehead atoms. The summed E-state index contributed by atoms with van der Waals surface area (Å²) < 4.78 is 5.09. The fraction of sp³-hybridized carbons (Fsp3) is 0.583. The Morgan fingerprint density at radius 1 is 1.50 bits per heavy atom. The normalized spacial score (nSPS) is 9.89. The molecule has 0 aliphatic heterocycles. The topological polar surface area (TPSA) is 74.1 Å². The molecule has 6 heteroatoms. The van der Waals surface area contributed by atoms with Crippen LogP contribution in [0.25, 0.3) is 0 Å². The van der Waals surface area contributed by atoms with Gasteiger partial charge in [-0.25, -0.2) is 4.98 Å². The average Bonchev–Trinajstić information content (AvgIpc) is 2.40. The predicted molar refractivity (Wildman–Crippen MR) is 70.6 cm³/mol. The van der Waals surface area contributed by atoms with E-state index in [9.17, 15) is 0 Å². The van der Waals surface area contributed by atoms with Crippen molar-refractivity contribution >= 4 is 11.8 Å². The van der Waals surface area contributed by atoms with E-state index in [-0.39, 0.29) is 0 Å². The van der Waals surface area contributed by atoms with Crippen molar-refractivity contribution in [3.63, 3.8) is 0 Å². The van der Waals surface area contributed by atoms with Crippen LogP contribution in [0.5, 0.6) is 0 Å². The first-order chi connectivity index (χ1) is 8.72. The lowest BCUT2D eigenvalue weighted by Gasteiger charge is -2.24. The predicted octanol–water partition coefficient (Wildman–Crippen LogP) is 1.19. The van der Waals surface area contributed by atoms with Crippen molar-refractivity contribution in [3.8, 4) is 6.07 Å². The molecule has 0 amide bonds. The van der Waals surface area contributed by atoms with Gasteiger partial charge in [0.05, 0.1) is 19.1 Å². The molecular weight excluding hydrogens is 230 g/mol. The van der Waals surface area contributed by atoms with Crippen LogP contribution < -0.4 is 10.2 Å². The zero-order valence-corrected chi connectivity index (χ0v) is 11.1. The molecule has 0 aromatic carbocycles. The lowest BCUT2D eigenvalue weighted by atomic mass is 10.3. The first-order valence-electron chi connectivity index (χ1n) is 5.85. The van der Waals surface area contributed by atoms with E-state index in [1.807, 2.05) is 11.8 Å². The second-order valence-corrected chi connectivity index (χ2v) is 3.84. The lowest BCUT2D eigenvalue weighted by Crippen LogP contribution is -2.30. The first kappa shape index (κ1) is 14.2. The highest BCUT2D eigenvalue weighted by atomic mass is 16.5. The summed E-state index contributed by atoms with van der Waals surface area (Å²) in [5.74, 6) is 1.43. The highest BCUT2D eigenvalue weighted by Gasteiger charge is 2.12. The molecule has 0 aliphatic rings. The van der Waals surface area contributed by atoms with Crippen LogP contribution >= 0.6 is 0 Å². The van der Waals surface area contributed by atoms with Crippen molar-refractivity contribution in [2.75, 3.05) is 44.1 Å². The summed E-state index contributed by atoms with van der Waals surface area (Å²) >= 11 is 0. The van der Waals surface area contributed by atoms with Gasteiger partial charge in [-0.3, -0.25) is 0 Å². The molecule has 1 heterocycles. The number of nitrogens with zero attached hydrogens (tertiary/aromatic N) is 4. The first-order valence-corrected chi connectivity index (χ1v) is 5.85. The Bertz CT molecular complexity index is 415. The van der Waals surface area contributed by atoms with Gasteiger partial charge in [0.25, 0.3) is 0 Å². The summed E-state index contributed by atoms with van der Waals surface area (Å²) in [6.07, 6.45) is 2.24. The van der Waals surface area contributed by atoms with E-state index in [0.29, 0.717) is 32.1 Å². The van der Waals surface area contributed by atoms with Crippen LogP contribution in [0.3, 0.4) is 0 Å². The molecule has 0 unspecified atom stereocenters. The van der Waals surface area contributed by atoms with Gasteiger partial charge in [0, 0.05) is 39.0 Å². The number of methoxy groups -OCH3 is 1. The van der Waals surface area contributed by atoms with Gasteiger partial charge in [0.2, 0.25) is 5.95 Å². The van der Waals surface area contributed by atoms with Gasteiger partial charge in [0.15, 0.2) is 0 Å². The van der Waals surface area contributed by atoms with Crippen molar-refractivity contribution in [2.24, 2.45) is 0 Å². The van der Waals surface area contributed by atoms with Crippen molar-refractivity contribution in [3.05, 3.63) is 11.8 Å². The monoisotopic (exact) mass is 249 g/mol. The summed E-state index contributed by atoms with van der Waals surface area (Å²) in [6.45, 7) is 3.91. The fourth-order valence-corrected chi connectivity index (χ4v) is 1.58. The molecule has 0 saturated carbocycles. The summed E-state index contributed by atoms with van der Waals surface area (Å²) in [7, 11) is 3.44. The van der Waals surface area contributed by atoms with Crippen LogP contribution in [0.15, 0.2) is 6.20 Å². The molecule has 0 saturated heterocycles. The highest BCUT2D eigenvalue weighted by molar-refractivity contribution is 5.48. The van der Waals surface area contributed by atoms with E-state index in [2.05, 4.69) is 21.4 Å². The maximum absolute atomic E-state index is 8.70. The minimum atomic E-state index is 0.460. The minimum Gasteiger partial charge on any atom is -0.383 e. The number of anilines is 2. The van der Waals surface area contributed by atoms with Crippen molar-refractivity contribution in [2.45, 2.75) is 13.3 Å². The SMILES string of the molecule is CNc1ncc(C)c(N(CCC#N)CCOC)n1. The molecule has 1 aromatic rings. The minimum absolute atomic E-state index is 0.460. The van der Waals surface area contributed by atoms with Crippen molar-refractivity contribution < 1.29 is 4.74 Å². The third-order valence-corrected chi connectivity index (χ3v) is 2.53. The van der Waals surface area contributed by atoms with Crippen LogP contribution in [0.4, 0.5) is 11.8 Å². The van der Waals surface area contributed by atoms with Gasteiger partial charge in [-0.2, -0.15) is 10.2 Å². The molecule has 0 aliphatic carbocycles. The summed E-state index contributed by atoms with van der Waals surface area (Å²) in [6, 6.07) is 2.15. The van der Waals surface area contributed by atoms with Crippen LogP contribution in [0.1, 0.15) is 12.0 Å². The highest BCUT2D eigenvalue weighted by Crippen LogP contribution is 2.17. The lowest BCUT2D eigenvalue weighted by molar-refractivity contribution is 0.205. The number of aromatic nitrogens is 2. The molecule has 1 rings (SSSR count). The average molecular weight is 249 g/mol. The van der Waals surface area contributed by atoms with Gasteiger partial charge in [0.1, 0.15) is 5.82 Å². The fourth-order valence-electron chi connectivity index (χ4n) is 1.58. The molecule has 1 aromatic heterocycles. The van der Waals surface area contributed by atoms with Crippen LogP contribution in [-0.2, 0) is 4.74 Å². The molecule has 0 fully saturated rings.